The number of halogens is 6. The van der Waals surface area contributed by atoms with Crippen molar-refractivity contribution in [3.63, 3.8) is 0 Å². The maximum Gasteiger partial charge on any atom is 0.499 e. The molecular formula is C14H13F6N3O2. The molecule has 0 aromatic heterocycles. The van der Waals surface area contributed by atoms with Gasteiger partial charge in [-0.3, -0.25) is 4.79 Å². The largest absolute Gasteiger partial charge is 0.499 e. The molecule has 1 aliphatic rings. The highest BCUT2D eigenvalue weighted by atomic mass is 19.4. The van der Waals surface area contributed by atoms with Crippen LogP contribution >= 0.6 is 0 Å². The molecule has 11 heteroatoms. The maximum atomic E-state index is 13.4. The van der Waals surface area contributed by atoms with Gasteiger partial charge >= 0.3 is 12.3 Å². The van der Waals surface area contributed by atoms with Crippen molar-refractivity contribution in [1.82, 2.24) is 10.2 Å². The lowest BCUT2D eigenvalue weighted by molar-refractivity contribution is -0.360. The first-order chi connectivity index (χ1) is 11.5. The fourth-order valence-corrected chi connectivity index (χ4v) is 2.03. The van der Waals surface area contributed by atoms with Crippen LogP contribution in [0.2, 0.25) is 0 Å². The van der Waals surface area contributed by atoms with E-state index in [1.54, 1.807) is 0 Å². The van der Waals surface area contributed by atoms with Crippen LogP contribution in [0.4, 0.5) is 32.0 Å². The number of ether oxygens (including phenoxy) is 1. The fraction of sp³-hybridized carbons (Fsp3) is 0.429. The third kappa shape index (κ3) is 4.54. The third-order valence-corrected chi connectivity index (χ3v) is 3.09. The number of rotatable bonds is 5. The third-order valence-electron chi connectivity index (χ3n) is 3.09. The lowest BCUT2D eigenvalue weighted by atomic mass is 10.3. The van der Waals surface area contributed by atoms with Crippen LogP contribution in [0, 0.1) is 5.82 Å². The fourth-order valence-electron chi connectivity index (χ4n) is 2.03. The van der Waals surface area contributed by atoms with Crippen molar-refractivity contribution in [2.75, 3.05) is 19.6 Å². The Morgan fingerprint density at radius 3 is 2.60 bits per heavy atom. The molecule has 1 heterocycles. The molecule has 1 aliphatic heterocycles. The standard InChI is InChI=1S/C14H13F6N3O2/c1-8(24)7-23-5-4-21-12(23)22-10-6-9(15)2-3-11(10)25-14(19,20)13(16,17)18/h2-3,6H,4-5,7H2,1H3,(H,21,22). The number of carbonyl (C=O) groups is 1. The van der Waals surface area contributed by atoms with Crippen molar-refractivity contribution in [2.24, 2.45) is 4.99 Å². The second kappa shape index (κ2) is 6.81. The van der Waals surface area contributed by atoms with E-state index in [2.05, 4.69) is 15.0 Å². The minimum Gasteiger partial charge on any atom is -0.423 e. The smallest absolute Gasteiger partial charge is 0.423 e. The number of Topliss-reactive ketones (excluding diaryl/α,β-unsaturated/α-hetero) is 1. The van der Waals surface area contributed by atoms with Gasteiger partial charge in [-0.2, -0.15) is 22.0 Å². The number of ketones is 1. The summed E-state index contributed by atoms with van der Waals surface area (Å²) in [5, 5.41) is 2.74. The van der Waals surface area contributed by atoms with Crippen LogP contribution in [0.3, 0.4) is 0 Å². The van der Waals surface area contributed by atoms with Gasteiger partial charge in [0, 0.05) is 19.2 Å². The molecule has 0 bridgehead atoms. The molecule has 0 saturated carbocycles. The van der Waals surface area contributed by atoms with E-state index >= 15 is 0 Å². The molecule has 5 nitrogen and oxygen atoms in total. The summed E-state index contributed by atoms with van der Waals surface area (Å²) < 4.78 is 80.2. The van der Waals surface area contributed by atoms with Crippen molar-refractivity contribution in [3.8, 4) is 5.75 Å². The molecule has 0 amide bonds. The van der Waals surface area contributed by atoms with Crippen LogP contribution in [-0.2, 0) is 4.79 Å². The summed E-state index contributed by atoms with van der Waals surface area (Å²) in [5.74, 6) is -2.03. The summed E-state index contributed by atoms with van der Waals surface area (Å²) in [6.07, 6.45) is -11.4. The Morgan fingerprint density at radius 2 is 2.00 bits per heavy atom. The Kier molecular flexibility index (Phi) is 5.14. The van der Waals surface area contributed by atoms with Gasteiger partial charge in [-0.05, 0) is 19.1 Å². The summed E-state index contributed by atoms with van der Waals surface area (Å²) in [6, 6.07) is 1.94. The number of hydrogen-bond donors (Lipinski definition) is 1. The molecule has 1 fully saturated rings. The van der Waals surface area contributed by atoms with Crippen LogP contribution in [-0.4, -0.2) is 48.6 Å². The molecule has 1 aromatic rings. The number of carbonyl (C=O) groups excluding carboxylic acids is 1. The Bertz CT molecular complexity index is 690. The molecule has 0 spiro atoms. The summed E-state index contributed by atoms with van der Waals surface area (Å²) in [7, 11) is 0. The molecule has 0 unspecified atom stereocenters. The molecule has 138 valence electrons. The van der Waals surface area contributed by atoms with Gasteiger partial charge in [0.15, 0.2) is 11.7 Å². The number of aliphatic imine (C=N–C) groups is 1. The minimum absolute atomic E-state index is 0.0426. The highest BCUT2D eigenvalue weighted by molar-refractivity contribution is 5.89. The quantitative estimate of drug-likeness (QED) is 0.811. The molecule has 25 heavy (non-hydrogen) atoms. The van der Waals surface area contributed by atoms with Crippen LogP contribution in [0.15, 0.2) is 23.2 Å². The number of hydrogen-bond acceptors (Lipinski definition) is 3. The van der Waals surface area contributed by atoms with E-state index in [1.807, 2.05) is 0 Å². The molecule has 1 aromatic carbocycles. The van der Waals surface area contributed by atoms with Crippen LogP contribution in [0.1, 0.15) is 6.92 Å². The Labute approximate surface area is 138 Å². The van der Waals surface area contributed by atoms with E-state index in [0.717, 1.165) is 0 Å². The lowest BCUT2D eigenvalue weighted by Crippen LogP contribution is -2.41. The maximum absolute atomic E-state index is 13.4. The number of nitrogens with zero attached hydrogens (tertiary/aromatic N) is 2. The average Bonchev–Trinajstić information content (AvgIpc) is 2.87. The molecule has 0 atom stereocenters. The van der Waals surface area contributed by atoms with Crippen molar-refractivity contribution < 1.29 is 35.9 Å². The molecule has 2 rings (SSSR count). The molecule has 1 saturated heterocycles. The van der Waals surface area contributed by atoms with E-state index in [9.17, 15) is 31.1 Å². The predicted molar refractivity (Wildman–Crippen MR) is 75.4 cm³/mol. The van der Waals surface area contributed by atoms with Gasteiger partial charge in [0.1, 0.15) is 17.3 Å². The number of guanidine groups is 1. The summed E-state index contributed by atoms with van der Waals surface area (Å²) in [4.78, 5) is 16.5. The van der Waals surface area contributed by atoms with Gasteiger partial charge in [-0.1, -0.05) is 0 Å². The van der Waals surface area contributed by atoms with Crippen LogP contribution < -0.4 is 10.1 Å². The summed E-state index contributed by atoms with van der Waals surface area (Å²) in [6.45, 7) is 2.01. The topological polar surface area (TPSA) is 53.9 Å². The Morgan fingerprint density at radius 1 is 1.32 bits per heavy atom. The van der Waals surface area contributed by atoms with Gasteiger partial charge in [-0.25, -0.2) is 9.38 Å². The van der Waals surface area contributed by atoms with E-state index in [1.165, 1.54) is 11.8 Å². The zero-order valence-corrected chi connectivity index (χ0v) is 12.8. The average molecular weight is 369 g/mol. The normalized spacial score (nSPS) is 16.9. The van der Waals surface area contributed by atoms with E-state index in [-0.39, 0.29) is 18.3 Å². The minimum atomic E-state index is -5.95. The SMILES string of the molecule is CC(=O)CN1CCN/C1=N\c1cc(F)ccc1OC(F)(F)C(F)(F)F. The highest BCUT2D eigenvalue weighted by Crippen LogP contribution is 2.40. The first-order valence-electron chi connectivity index (χ1n) is 6.99. The zero-order chi connectivity index (χ0) is 18.8. The Balaban J connectivity index is 2.36. The number of nitrogens with one attached hydrogen (secondary N) is 1. The zero-order valence-electron chi connectivity index (χ0n) is 12.8. The van der Waals surface area contributed by atoms with Gasteiger partial charge in [0.25, 0.3) is 0 Å². The first-order valence-corrected chi connectivity index (χ1v) is 6.99. The van der Waals surface area contributed by atoms with Gasteiger partial charge in [0.05, 0.1) is 6.54 Å². The molecule has 0 radical (unpaired) electrons. The van der Waals surface area contributed by atoms with E-state index in [4.69, 9.17) is 0 Å². The number of alkyl halides is 5. The van der Waals surface area contributed by atoms with Crippen molar-refractivity contribution in [2.45, 2.75) is 19.2 Å². The van der Waals surface area contributed by atoms with Crippen LogP contribution in [0.25, 0.3) is 0 Å². The van der Waals surface area contributed by atoms with Crippen LogP contribution in [0.5, 0.6) is 5.75 Å². The second-order valence-corrected chi connectivity index (χ2v) is 5.21. The summed E-state index contributed by atoms with van der Waals surface area (Å²) in [5.41, 5.74) is -0.568. The van der Waals surface area contributed by atoms with Crippen molar-refractivity contribution in [3.05, 3.63) is 24.0 Å². The van der Waals surface area contributed by atoms with Crippen molar-refractivity contribution in [1.29, 1.82) is 0 Å². The second-order valence-electron chi connectivity index (χ2n) is 5.21. The molecule has 0 aliphatic carbocycles. The predicted octanol–water partition coefficient (Wildman–Crippen LogP) is 2.84. The van der Waals surface area contributed by atoms with Crippen molar-refractivity contribution >= 4 is 17.4 Å². The van der Waals surface area contributed by atoms with E-state index in [0.29, 0.717) is 31.3 Å². The van der Waals surface area contributed by atoms with Gasteiger partial charge < -0.3 is 15.0 Å². The monoisotopic (exact) mass is 369 g/mol. The summed E-state index contributed by atoms with van der Waals surface area (Å²) >= 11 is 0. The van der Waals surface area contributed by atoms with Gasteiger partial charge in [-0.15, -0.1) is 0 Å². The first kappa shape index (κ1) is 18.9. The lowest BCUT2D eigenvalue weighted by Gasteiger charge is -2.21. The Hall–Kier alpha value is -2.46. The molecular weight excluding hydrogens is 356 g/mol. The number of benzene rings is 1. The highest BCUT2D eigenvalue weighted by Gasteiger charge is 2.61. The van der Waals surface area contributed by atoms with E-state index < -0.39 is 29.5 Å². The molecule has 1 N–H and O–H groups in total. The van der Waals surface area contributed by atoms with Gasteiger partial charge in [0.2, 0.25) is 0 Å².